The van der Waals surface area contributed by atoms with Gasteiger partial charge >= 0.3 is 5.69 Å². The number of fused-ring (bicyclic) bond motifs is 1. The van der Waals surface area contributed by atoms with E-state index in [-0.39, 0.29) is 10.8 Å². The smallest absolute Gasteiger partial charge is 0.290 e. The molecule has 0 fully saturated rings. The summed E-state index contributed by atoms with van der Waals surface area (Å²) >= 11 is 9.56. The van der Waals surface area contributed by atoms with E-state index in [1.54, 1.807) is 6.92 Å². The van der Waals surface area contributed by atoms with Gasteiger partial charge in [-0.05, 0) is 35.0 Å². The van der Waals surface area contributed by atoms with Gasteiger partial charge in [0.1, 0.15) is 11.3 Å². The number of imidazole rings is 1. The Morgan fingerprint density at radius 1 is 1.32 bits per heavy atom. The lowest BCUT2D eigenvalue weighted by Crippen LogP contribution is -2.15. The molecule has 0 saturated carbocycles. The van der Waals surface area contributed by atoms with Crippen molar-refractivity contribution in [3.8, 4) is 5.69 Å². The number of hydrogen-bond donors (Lipinski definition) is 1. The molecule has 0 unspecified atom stereocenters. The van der Waals surface area contributed by atoms with Crippen LogP contribution in [0.25, 0.3) is 16.9 Å². The van der Waals surface area contributed by atoms with Crippen molar-refractivity contribution in [2.24, 2.45) is 0 Å². The molecule has 0 saturated heterocycles. The molecule has 96 valence electrons. The monoisotopic (exact) mass is 338 g/mol. The van der Waals surface area contributed by atoms with Crippen LogP contribution in [0.1, 0.15) is 5.82 Å². The molecule has 0 aliphatic heterocycles. The summed E-state index contributed by atoms with van der Waals surface area (Å²) in [6.07, 6.45) is 0. The molecule has 19 heavy (non-hydrogen) atoms. The van der Waals surface area contributed by atoms with Crippen molar-refractivity contribution in [2.45, 2.75) is 6.92 Å². The summed E-state index contributed by atoms with van der Waals surface area (Å²) in [5, 5.41) is 0.247. The minimum atomic E-state index is -0.302. The molecule has 2 aromatic heterocycles. The lowest BCUT2D eigenvalue weighted by atomic mass is 10.3. The van der Waals surface area contributed by atoms with Crippen LogP contribution in [0.15, 0.2) is 33.5 Å². The third kappa shape index (κ3) is 1.97. The Balaban J connectivity index is 2.46. The fourth-order valence-corrected chi connectivity index (χ4v) is 2.70. The number of H-pyrrole nitrogens is 1. The first-order valence-electron chi connectivity index (χ1n) is 5.47. The van der Waals surface area contributed by atoms with Crippen molar-refractivity contribution in [1.82, 2.24) is 19.5 Å². The van der Waals surface area contributed by atoms with Crippen LogP contribution in [0.4, 0.5) is 0 Å². The highest BCUT2D eigenvalue weighted by atomic mass is 79.9. The van der Waals surface area contributed by atoms with Crippen LogP contribution in [0.5, 0.6) is 0 Å². The summed E-state index contributed by atoms with van der Waals surface area (Å²) < 4.78 is 2.25. The Kier molecular flexibility index (Phi) is 2.91. The van der Waals surface area contributed by atoms with Crippen molar-refractivity contribution in [1.29, 1.82) is 0 Å². The summed E-state index contributed by atoms with van der Waals surface area (Å²) in [4.78, 5) is 23.1. The van der Waals surface area contributed by atoms with Gasteiger partial charge in [-0.15, -0.1) is 0 Å². The molecule has 0 amide bonds. The van der Waals surface area contributed by atoms with Crippen molar-refractivity contribution in [2.75, 3.05) is 0 Å². The Bertz CT molecular complexity index is 839. The van der Waals surface area contributed by atoms with Crippen molar-refractivity contribution >= 4 is 38.7 Å². The number of nitrogens with zero attached hydrogens (tertiary/aromatic N) is 3. The summed E-state index contributed by atoms with van der Waals surface area (Å²) in [6.45, 7) is 1.72. The maximum Gasteiger partial charge on any atom is 0.332 e. The lowest BCUT2D eigenvalue weighted by Gasteiger charge is -2.06. The van der Waals surface area contributed by atoms with Gasteiger partial charge in [0.2, 0.25) is 0 Å². The first-order valence-corrected chi connectivity index (χ1v) is 6.65. The van der Waals surface area contributed by atoms with Crippen LogP contribution in [0, 0.1) is 6.92 Å². The van der Waals surface area contributed by atoms with E-state index in [1.807, 2.05) is 24.3 Å². The summed E-state index contributed by atoms with van der Waals surface area (Å²) in [5.74, 6) is 0.512. The van der Waals surface area contributed by atoms with Crippen LogP contribution < -0.4 is 5.69 Å². The molecule has 0 bridgehead atoms. The fourth-order valence-electron chi connectivity index (χ4n) is 1.94. The van der Waals surface area contributed by atoms with E-state index < -0.39 is 0 Å². The largest absolute Gasteiger partial charge is 0.332 e. The van der Waals surface area contributed by atoms with Gasteiger partial charge < -0.3 is 0 Å². The predicted octanol–water partition coefficient (Wildman–Crippen LogP) is 2.83. The number of para-hydroxylation sites is 1. The molecule has 1 aromatic carbocycles. The van der Waals surface area contributed by atoms with Crippen LogP contribution in [0.2, 0.25) is 5.15 Å². The molecule has 2 heterocycles. The van der Waals surface area contributed by atoms with Crippen LogP contribution >= 0.6 is 27.5 Å². The topological polar surface area (TPSA) is 63.6 Å². The van der Waals surface area contributed by atoms with E-state index in [0.717, 1.165) is 4.47 Å². The highest BCUT2D eigenvalue weighted by Crippen LogP contribution is 2.25. The van der Waals surface area contributed by atoms with Crippen molar-refractivity contribution in [3.63, 3.8) is 0 Å². The Labute approximate surface area is 121 Å². The maximum absolute atomic E-state index is 12.1. The van der Waals surface area contributed by atoms with Crippen LogP contribution in [0.3, 0.4) is 0 Å². The Morgan fingerprint density at radius 3 is 2.79 bits per heavy atom. The molecule has 0 aliphatic rings. The molecular weight excluding hydrogens is 332 g/mol. The first-order chi connectivity index (χ1) is 9.08. The Morgan fingerprint density at radius 2 is 2.05 bits per heavy atom. The number of aryl methyl sites for hydroxylation is 1. The van der Waals surface area contributed by atoms with Gasteiger partial charge in [0.25, 0.3) is 0 Å². The minimum absolute atomic E-state index is 0.247. The lowest BCUT2D eigenvalue weighted by molar-refractivity contribution is 1.01. The third-order valence-electron chi connectivity index (χ3n) is 2.70. The van der Waals surface area contributed by atoms with Crippen LogP contribution in [-0.4, -0.2) is 19.5 Å². The average Bonchev–Trinajstić information content (AvgIpc) is 2.66. The van der Waals surface area contributed by atoms with E-state index in [4.69, 9.17) is 11.6 Å². The van der Waals surface area contributed by atoms with Gasteiger partial charge in [-0.3, -0.25) is 9.55 Å². The summed E-state index contributed by atoms with van der Waals surface area (Å²) in [7, 11) is 0. The molecule has 7 heteroatoms. The predicted molar refractivity (Wildman–Crippen MR) is 76.9 cm³/mol. The number of hydrogen-bond acceptors (Lipinski definition) is 3. The standard InChI is InChI=1S/C12H8BrClN4O/c1-6-15-10(14)9-11(16-6)17-12(19)18(9)8-5-3-2-4-7(8)13/h2-5H,1H3,(H,15,16,17,19). The first kappa shape index (κ1) is 12.4. The third-order valence-corrected chi connectivity index (χ3v) is 3.63. The van der Waals surface area contributed by atoms with Crippen molar-refractivity contribution in [3.05, 3.63) is 50.2 Å². The molecule has 0 spiro atoms. The normalized spacial score (nSPS) is 11.1. The Hall–Kier alpha value is -1.66. The second-order valence-corrected chi connectivity index (χ2v) is 5.19. The quantitative estimate of drug-likeness (QED) is 0.693. The van der Waals surface area contributed by atoms with Gasteiger partial charge in [0.05, 0.1) is 5.69 Å². The summed E-state index contributed by atoms with van der Waals surface area (Å²) in [5.41, 5.74) is 1.29. The zero-order chi connectivity index (χ0) is 13.6. The number of benzene rings is 1. The van der Waals surface area contributed by atoms with E-state index in [9.17, 15) is 4.79 Å². The van der Waals surface area contributed by atoms with Crippen LogP contribution in [-0.2, 0) is 0 Å². The molecule has 3 rings (SSSR count). The minimum Gasteiger partial charge on any atom is -0.290 e. The molecule has 5 nitrogen and oxygen atoms in total. The maximum atomic E-state index is 12.1. The number of nitrogens with one attached hydrogen (secondary N) is 1. The second kappa shape index (κ2) is 4.47. The fraction of sp³-hybridized carbons (Fsp3) is 0.0833. The molecule has 0 atom stereocenters. The number of halogens is 2. The average molecular weight is 340 g/mol. The van der Waals surface area contributed by atoms with E-state index in [0.29, 0.717) is 22.7 Å². The highest BCUT2D eigenvalue weighted by Gasteiger charge is 2.16. The molecule has 0 radical (unpaired) electrons. The highest BCUT2D eigenvalue weighted by molar-refractivity contribution is 9.10. The molecule has 0 aliphatic carbocycles. The number of rotatable bonds is 1. The number of aromatic nitrogens is 4. The van der Waals surface area contributed by atoms with E-state index >= 15 is 0 Å². The zero-order valence-electron chi connectivity index (χ0n) is 9.82. The van der Waals surface area contributed by atoms with E-state index in [2.05, 4.69) is 30.9 Å². The van der Waals surface area contributed by atoms with E-state index in [1.165, 1.54) is 4.57 Å². The molecule has 3 aromatic rings. The van der Waals surface area contributed by atoms with Gasteiger partial charge in [0.15, 0.2) is 10.8 Å². The molecule has 1 N–H and O–H groups in total. The second-order valence-electron chi connectivity index (χ2n) is 3.98. The van der Waals surface area contributed by atoms with Gasteiger partial charge in [-0.25, -0.2) is 14.8 Å². The zero-order valence-corrected chi connectivity index (χ0v) is 12.2. The van der Waals surface area contributed by atoms with Gasteiger partial charge in [-0.1, -0.05) is 23.7 Å². The SMILES string of the molecule is Cc1nc(Cl)c2c(n1)[nH]c(=O)n2-c1ccccc1Br. The van der Waals surface area contributed by atoms with Gasteiger partial charge in [0, 0.05) is 4.47 Å². The molecular formula is C12H8BrClN4O. The number of aromatic amines is 1. The van der Waals surface area contributed by atoms with Gasteiger partial charge in [-0.2, -0.15) is 0 Å². The summed E-state index contributed by atoms with van der Waals surface area (Å²) in [6, 6.07) is 7.38. The van der Waals surface area contributed by atoms with Crippen molar-refractivity contribution < 1.29 is 0 Å².